The maximum absolute atomic E-state index is 12.7. The van der Waals surface area contributed by atoms with Crippen molar-refractivity contribution in [1.29, 1.82) is 0 Å². The summed E-state index contributed by atoms with van der Waals surface area (Å²) in [6.07, 6.45) is 4.14. The molecule has 0 bridgehead atoms. The van der Waals surface area contributed by atoms with Gasteiger partial charge in [-0.3, -0.25) is 15.0 Å². The van der Waals surface area contributed by atoms with Crippen molar-refractivity contribution in [3.63, 3.8) is 0 Å². The third-order valence-electron chi connectivity index (χ3n) is 5.78. The number of hydrogen-bond acceptors (Lipinski definition) is 4. The predicted octanol–water partition coefficient (Wildman–Crippen LogP) is 2.75. The van der Waals surface area contributed by atoms with Crippen LogP contribution in [0.5, 0.6) is 0 Å². The smallest absolute Gasteiger partial charge is 0.322 e. The van der Waals surface area contributed by atoms with Crippen LogP contribution in [0.25, 0.3) is 0 Å². The van der Waals surface area contributed by atoms with E-state index in [4.69, 9.17) is 0 Å². The summed E-state index contributed by atoms with van der Waals surface area (Å²) < 4.78 is 0. The van der Waals surface area contributed by atoms with Crippen LogP contribution in [0.1, 0.15) is 76.0 Å². The average Bonchev–Trinajstić information content (AvgIpc) is 2.90. The topological polar surface area (TPSA) is 90.5 Å². The van der Waals surface area contributed by atoms with Gasteiger partial charge in [-0.2, -0.15) is 5.01 Å². The lowest BCUT2D eigenvalue weighted by molar-refractivity contribution is -0.139. The number of amides is 4. The van der Waals surface area contributed by atoms with Crippen molar-refractivity contribution in [2.24, 2.45) is 0 Å². The Morgan fingerprint density at radius 2 is 1.68 bits per heavy atom. The van der Waals surface area contributed by atoms with E-state index in [1.807, 2.05) is 6.92 Å². The molecule has 1 atom stereocenters. The number of urea groups is 1. The average molecular weight is 386 g/mol. The molecule has 1 aromatic carbocycles. The van der Waals surface area contributed by atoms with Crippen molar-refractivity contribution in [2.45, 2.75) is 70.4 Å². The van der Waals surface area contributed by atoms with Crippen molar-refractivity contribution in [2.75, 3.05) is 6.54 Å². The van der Waals surface area contributed by atoms with Crippen LogP contribution < -0.4 is 16.1 Å². The Kier molecular flexibility index (Phi) is 6.03. The lowest BCUT2D eigenvalue weighted by atomic mass is 9.82. The Balaban J connectivity index is 1.52. The number of nitrogens with zero attached hydrogens (tertiary/aromatic N) is 1. The number of hydrogen-bond donors (Lipinski definition) is 3. The van der Waals surface area contributed by atoms with Crippen molar-refractivity contribution >= 4 is 17.8 Å². The van der Waals surface area contributed by atoms with Crippen molar-refractivity contribution in [3.05, 3.63) is 35.4 Å². The van der Waals surface area contributed by atoms with Crippen LogP contribution in [0.4, 0.5) is 4.79 Å². The number of nitrogens with one attached hydrogen (secondary N) is 3. The van der Waals surface area contributed by atoms with Gasteiger partial charge in [-0.15, -0.1) is 0 Å². The monoisotopic (exact) mass is 386 g/mol. The largest absolute Gasteiger partial charge is 0.344 e. The normalized spacial score (nSPS) is 19.8. The minimum absolute atomic E-state index is 0.0111. The summed E-state index contributed by atoms with van der Waals surface area (Å²) in [5, 5.41) is 6.77. The third kappa shape index (κ3) is 4.19. The predicted molar refractivity (Wildman–Crippen MR) is 106 cm³/mol. The first kappa shape index (κ1) is 20.3. The fraction of sp³-hybridized carbons (Fsp3) is 0.571. The van der Waals surface area contributed by atoms with Crippen LogP contribution in [0.3, 0.4) is 0 Å². The highest BCUT2D eigenvalue weighted by Gasteiger charge is 2.52. The number of hydrazine groups is 1. The summed E-state index contributed by atoms with van der Waals surface area (Å²) >= 11 is 0. The van der Waals surface area contributed by atoms with Crippen LogP contribution in [0.15, 0.2) is 24.3 Å². The van der Waals surface area contributed by atoms with Gasteiger partial charge in [-0.05, 0) is 36.8 Å². The Bertz CT molecular complexity index is 739. The molecule has 2 fully saturated rings. The van der Waals surface area contributed by atoms with Crippen molar-refractivity contribution in [1.82, 2.24) is 21.1 Å². The van der Waals surface area contributed by atoms with Gasteiger partial charge in [0.15, 0.2) is 0 Å². The van der Waals surface area contributed by atoms with Gasteiger partial charge in [-0.25, -0.2) is 4.79 Å². The van der Waals surface area contributed by atoms with Crippen molar-refractivity contribution < 1.29 is 14.4 Å². The molecule has 3 N–H and O–H groups in total. The molecule has 1 saturated carbocycles. The highest BCUT2D eigenvalue weighted by molar-refractivity contribution is 6.08. The van der Waals surface area contributed by atoms with E-state index in [0.29, 0.717) is 18.8 Å². The van der Waals surface area contributed by atoms with Crippen LogP contribution in [-0.2, 0) is 9.59 Å². The second-order valence-corrected chi connectivity index (χ2v) is 8.17. The molecule has 1 heterocycles. The summed E-state index contributed by atoms with van der Waals surface area (Å²) in [5.74, 6) is -0.287. The second kappa shape index (κ2) is 8.31. The van der Waals surface area contributed by atoms with Gasteiger partial charge in [0.05, 0.1) is 6.54 Å². The van der Waals surface area contributed by atoms with Gasteiger partial charge < -0.3 is 10.6 Å². The fourth-order valence-corrected chi connectivity index (χ4v) is 3.91. The van der Waals surface area contributed by atoms with E-state index in [1.54, 1.807) is 0 Å². The van der Waals surface area contributed by atoms with E-state index < -0.39 is 17.5 Å². The molecule has 1 aliphatic carbocycles. The first-order valence-corrected chi connectivity index (χ1v) is 10.1. The van der Waals surface area contributed by atoms with E-state index >= 15 is 0 Å². The second-order valence-electron chi connectivity index (χ2n) is 8.17. The molecular weight excluding hydrogens is 356 g/mol. The maximum atomic E-state index is 12.7. The molecule has 1 aromatic rings. The zero-order chi connectivity index (χ0) is 20.3. The van der Waals surface area contributed by atoms with Gasteiger partial charge in [-0.1, -0.05) is 57.4 Å². The zero-order valence-corrected chi connectivity index (χ0v) is 16.9. The SMILES string of the molecule is CC(C)c1ccc([C@H](C)NCC(=O)NN2C(=O)NC3(CCCCC3)C2=O)cc1. The van der Waals surface area contributed by atoms with E-state index in [0.717, 1.165) is 29.8 Å². The maximum Gasteiger partial charge on any atom is 0.344 e. The highest BCUT2D eigenvalue weighted by Crippen LogP contribution is 2.32. The molecule has 3 rings (SSSR count). The lowest BCUT2D eigenvalue weighted by Gasteiger charge is -2.30. The molecule has 1 spiro atoms. The zero-order valence-electron chi connectivity index (χ0n) is 16.9. The molecule has 28 heavy (non-hydrogen) atoms. The Labute approximate surface area is 166 Å². The van der Waals surface area contributed by atoms with Gasteiger partial charge in [0, 0.05) is 6.04 Å². The van der Waals surface area contributed by atoms with Gasteiger partial charge >= 0.3 is 6.03 Å². The Hall–Kier alpha value is -2.41. The molecule has 7 heteroatoms. The molecule has 7 nitrogen and oxygen atoms in total. The highest BCUT2D eigenvalue weighted by atomic mass is 16.2. The summed E-state index contributed by atoms with van der Waals surface area (Å²) in [6, 6.07) is 7.71. The minimum Gasteiger partial charge on any atom is -0.322 e. The van der Waals surface area contributed by atoms with Crippen LogP contribution in [-0.4, -0.2) is 34.9 Å². The third-order valence-corrected chi connectivity index (χ3v) is 5.78. The van der Waals surface area contributed by atoms with Crippen LogP contribution >= 0.6 is 0 Å². The van der Waals surface area contributed by atoms with Crippen LogP contribution in [0, 0.1) is 0 Å². The Morgan fingerprint density at radius 3 is 2.29 bits per heavy atom. The molecular formula is C21H30N4O3. The number of imide groups is 1. The minimum atomic E-state index is -0.832. The van der Waals surface area contributed by atoms with Crippen LogP contribution in [0.2, 0.25) is 0 Å². The summed E-state index contributed by atoms with van der Waals surface area (Å²) in [6.45, 7) is 6.28. The van der Waals surface area contributed by atoms with E-state index in [-0.39, 0.29) is 18.5 Å². The van der Waals surface area contributed by atoms with Gasteiger partial charge in [0.2, 0.25) is 0 Å². The molecule has 4 amide bonds. The van der Waals surface area contributed by atoms with Gasteiger partial charge in [0.25, 0.3) is 11.8 Å². The number of rotatable bonds is 6. The standard InChI is InChI=1S/C21H30N4O3/c1-14(2)16-7-9-17(10-8-16)15(3)22-13-18(26)24-25-19(27)21(23-20(25)28)11-5-4-6-12-21/h7-10,14-15,22H,4-6,11-13H2,1-3H3,(H,23,28)(H,24,26)/t15-/m0/s1. The number of benzene rings is 1. The fourth-order valence-electron chi connectivity index (χ4n) is 3.91. The van der Waals surface area contributed by atoms with Gasteiger partial charge in [0.1, 0.15) is 5.54 Å². The van der Waals surface area contributed by atoms with E-state index in [9.17, 15) is 14.4 Å². The first-order valence-electron chi connectivity index (χ1n) is 10.1. The lowest BCUT2D eigenvalue weighted by Crippen LogP contribution is -2.52. The first-order chi connectivity index (χ1) is 13.3. The molecule has 0 unspecified atom stereocenters. The number of carbonyl (C=O) groups excluding carboxylic acids is 3. The summed E-state index contributed by atoms with van der Waals surface area (Å²) in [7, 11) is 0. The molecule has 1 aliphatic heterocycles. The van der Waals surface area contributed by atoms with E-state index in [1.165, 1.54) is 5.56 Å². The quantitative estimate of drug-likeness (QED) is 0.656. The summed E-state index contributed by atoms with van der Waals surface area (Å²) in [4.78, 5) is 37.2. The molecule has 152 valence electrons. The number of carbonyl (C=O) groups is 3. The molecule has 0 radical (unpaired) electrons. The Morgan fingerprint density at radius 1 is 1.07 bits per heavy atom. The van der Waals surface area contributed by atoms with E-state index in [2.05, 4.69) is 54.2 Å². The molecule has 2 aliphatic rings. The summed E-state index contributed by atoms with van der Waals surface area (Å²) in [5.41, 5.74) is 3.96. The molecule has 0 aromatic heterocycles. The molecule has 1 saturated heterocycles. The van der Waals surface area contributed by atoms with Crippen molar-refractivity contribution in [3.8, 4) is 0 Å².